The van der Waals surface area contributed by atoms with E-state index in [1.54, 1.807) is 0 Å². The second-order valence-electron chi connectivity index (χ2n) is 5.90. The van der Waals surface area contributed by atoms with Crippen molar-refractivity contribution in [2.45, 2.75) is 44.2 Å². The summed E-state index contributed by atoms with van der Waals surface area (Å²) in [6.45, 7) is 2.29. The normalized spacial score (nSPS) is 22.0. The molecular formula is C17H27FN2O. The zero-order chi connectivity index (χ0) is 15.1. The van der Waals surface area contributed by atoms with E-state index in [1.807, 2.05) is 19.2 Å². The summed E-state index contributed by atoms with van der Waals surface area (Å²) in [5.74, 6) is -0.193. The van der Waals surface area contributed by atoms with E-state index in [0.29, 0.717) is 6.04 Å². The second kappa shape index (κ2) is 8.47. The molecule has 2 unspecified atom stereocenters. The number of nitrogens with zero attached hydrogens (tertiary/aromatic N) is 1. The molecule has 1 aromatic carbocycles. The molecule has 0 amide bonds. The van der Waals surface area contributed by atoms with Crippen LogP contribution in [0.3, 0.4) is 0 Å². The van der Waals surface area contributed by atoms with Gasteiger partial charge in [-0.05, 0) is 50.6 Å². The Balaban J connectivity index is 1.93. The predicted octanol–water partition coefficient (Wildman–Crippen LogP) is 2.71. The van der Waals surface area contributed by atoms with Gasteiger partial charge in [0.25, 0.3) is 0 Å². The molecule has 0 aromatic heterocycles. The highest BCUT2D eigenvalue weighted by Crippen LogP contribution is 2.21. The molecule has 2 atom stereocenters. The average molecular weight is 294 g/mol. The maximum atomic E-state index is 13.0. The Morgan fingerprint density at radius 1 is 1.29 bits per heavy atom. The number of hydrogen-bond acceptors (Lipinski definition) is 3. The van der Waals surface area contributed by atoms with Crippen LogP contribution in [0.15, 0.2) is 24.3 Å². The minimum atomic E-state index is -0.193. The quantitative estimate of drug-likeness (QED) is 0.847. The molecule has 1 saturated heterocycles. The van der Waals surface area contributed by atoms with Crippen LogP contribution in [0.4, 0.5) is 4.39 Å². The molecular weight excluding hydrogens is 267 g/mol. The smallest absolute Gasteiger partial charge is 0.123 e. The molecule has 1 fully saturated rings. The maximum Gasteiger partial charge on any atom is 0.123 e. The molecule has 2 rings (SSSR count). The molecule has 21 heavy (non-hydrogen) atoms. The Morgan fingerprint density at radius 2 is 2.05 bits per heavy atom. The van der Waals surface area contributed by atoms with Gasteiger partial charge < -0.3 is 10.4 Å². The molecule has 1 heterocycles. The van der Waals surface area contributed by atoms with Crippen molar-refractivity contribution in [3.8, 4) is 0 Å². The fraction of sp³-hybridized carbons (Fsp3) is 0.647. The van der Waals surface area contributed by atoms with Crippen LogP contribution in [-0.4, -0.2) is 42.8 Å². The molecule has 4 heteroatoms. The highest BCUT2D eigenvalue weighted by molar-refractivity contribution is 5.19. The van der Waals surface area contributed by atoms with Crippen molar-refractivity contribution >= 4 is 0 Å². The zero-order valence-electron chi connectivity index (χ0n) is 12.9. The number of aliphatic hydroxyl groups excluding tert-OH is 1. The summed E-state index contributed by atoms with van der Waals surface area (Å²) in [7, 11) is 1.94. The van der Waals surface area contributed by atoms with Gasteiger partial charge in [0.2, 0.25) is 0 Å². The van der Waals surface area contributed by atoms with E-state index in [1.165, 1.54) is 31.4 Å². The topological polar surface area (TPSA) is 35.5 Å². The Hall–Kier alpha value is -0.970. The average Bonchev–Trinajstić information content (AvgIpc) is 2.74. The molecule has 0 spiro atoms. The van der Waals surface area contributed by atoms with E-state index in [4.69, 9.17) is 0 Å². The van der Waals surface area contributed by atoms with E-state index >= 15 is 0 Å². The van der Waals surface area contributed by atoms with Gasteiger partial charge in [0.1, 0.15) is 5.82 Å². The highest BCUT2D eigenvalue weighted by Gasteiger charge is 2.21. The van der Waals surface area contributed by atoms with E-state index in [0.717, 1.165) is 31.5 Å². The summed E-state index contributed by atoms with van der Waals surface area (Å²) >= 11 is 0. The van der Waals surface area contributed by atoms with E-state index < -0.39 is 0 Å². The first-order chi connectivity index (χ1) is 10.2. The fourth-order valence-electron chi connectivity index (χ4n) is 3.21. The molecule has 1 aliphatic heterocycles. The summed E-state index contributed by atoms with van der Waals surface area (Å²) in [6.07, 6.45) is 5.77. The molecule has 2 N–H and O–H groups in total. The van der Waals surface area contributed by atoms with Crippen molar-refractivity contribution in [2.24, 2.45) is 0 Å². The van der Waals surface area contributed by atoms with Crippen LogP contribution in [0.1, 0.15) is 43.7 Å². The Bertz CT molecular complexity index is 410. The molecule has 1 aliphatic rings. The van der Waals surface area contributed by atoms with Crippen LogP contribution in [0, 0.1) is 5.82 Å². The number of likely N-dealkylation sites (tertiary alicyclic amines) is 1. The summed E-state index contributed by atoms with van der Waals surface area (Å²) < 4.78 is 13.0. The number of rotatable bonds is 6. The lowest BCUT2D eigenvalue weighted by atomic mass is 10.0. The molecule has 0 bridgehead atoms. The van der Waals surface area contributed by atoms with Crippen molar-refractivity contribution in [3.63, 3.8) is 0 Å². The molecule has 3 nitrogen and oxygen atoms in total. The van der Waals surface area contributed by atoms with Crippen LogP contribution in [0.2, 0.25) is 0 Å². The lowest BCUT2D eigenvalue weighted by Crippen LogP contribution is -2.39. The first kappa shape index (κ1) is 16.4. The second-order valence-corrected chi connectivity index (χ2v) is 5.90. The first-order valence-corrected chi connectivity index (χ1v) is 8.02. The van der Waals surface area contributed by atoms with Crippen LogP contribution in [0.5, 0.6) is 0 Å². The third-order valence-electron chi connectivity index (χ3n) is 4.54. The number of benzene rings is 1. The molecule has 0 aliphatic carbocycles. The monoisotopic (exact) mass is 294 g/mol. The summed E-state index contributed by atoms with van der Waals surface area (Å²) in [4.78, 5) is 2.42. The van der Waals surface area contributed by atoms with Gasteiger partial charge >= 0.3 is 0 Å². The van der Waals surface area contributed by atoms with Crippen molar-refractivity contribution in [3.05, 3.63) is 35.6 Å². The van der Waals surface area contributed by atoms with Crippen molar-refractivity contribution in [1.82, 2.24) is 10.2 Å². The molecule has 0 saturated carbocycles. The molecule has 0 radical (unpaired) electrons. The number of aliphatic hydroxyl groups is 1. The fourth-order valence-corrected chi connectivity index (χ4v) is 3.21. The molecule has 118 valence electrons. The lowest BCUT2D eigenvalue weighted by molar-refractivity contribution is 0.120. The minimum absolute atomic E-state index is 0.193. The van der Waals surface area contributed by atoms with Gasteiger partial charge in [-0.2, -0.15) is 0 Å². The van der Waals surface area contributed by atoms with Gasteiger partial charge in [-0.1, -0.05) is 25.0 Å². The van der Waals surface area contributed by atoms with Crippen molar-refractivity contribution in [1.29, 1.82) is 0 Å². The Kier molecular flexibility index (Phi) is 6.61. The Labute approximate surface area is 127 Å². The first-order valence-electron chi connectivity index (χ1n) is 8.02. The number of hydrogen-bond donors (Lipinski definition) is 2. The third kappa shape index (κ3) is 4.77. The van der Waals surface area contributed by atoms with Gasteiger partial charge in [-0.15, -0.1) is 0 Å². The Morgan fingerprint density at radius 3 is 2.71 bits per heavy atom. The van der Waals surface area contributed by atoms with E-state index in [2.05, 4.69) is 10.2 Å². The summed E-state index contributed by atoms with van der Waals surface area (Å²) in [5.41, 5.74) is 1.12. The standard InChI is InChI=1S/C17H27FN2O/c1-19-17(14-6-8-15(18)9-7-14)10-12-20-11-4-2-3-5-16(20)13-21/h6-9,16-17,19,21H,2-5,10-13H2,1H3. The zero-order valence-corrected chi connectivity index (χ0v) is 12.9. The predicted molar refractivity (Wildman–Crippen MR) is 83.7 cm³/mol. The summed E-state index contributed by atoms with van der Waals surface area (Å²) in [6, 6.07) is 7.27. The van der Waals surface area contributed by atoms with Gasteiger partial charge in [0.05, 0.1) is 6.61 Å². The largest absolute Gasteiger partial charge is 0.395 e. The SMILES string of the molecule is CNC(CCN1CCCCCC1CO)c1ccc(F)cc1. The van der Waals surface area contributed by atoms with E-state index in [9.17, 15) is 9.50 Å². The van der Waals surface area contributed by atoms with Gasteiger partial charge in [-0.3, -0.25) is 4.90 Å². The van der Waals surface area contributed by atoms with E-state index in [-0.39, 0.29) is 18.5 Å². The van der Waals surface area contributed by atoms with Gasteiger partial charge in [-0.25, -0.2) is 4.39 Å². The van der Waals surface area contributed by atoms with Crippen molar-refractivity contribution < 1.29 is 9.50 Å². The number of halogens is 1. The third-order valence-corrected chi connectivity index (χ3v) is 4.54. The van der Waals surface area contributed by atoms with Crippen LogP contribution in [0.25, 0.3) is 0 Å². The summed E-state index contributed by atoms with van der Waals surface area (Å²) in [5, 5.41) is 12.9. The van der Waals surface area contributed by atoms with Crippen LogP contribution < -0.4 is 5.32 Å². The van der Waals surface area contributed by atoms with Crippen LogP contribution >= 0.6 is 0 Å². The van der Waals surface area contributed by atoms with Gasteiger partial charge in [0.15, 0.2) is 0 Å². The lowest BCUT2D eigenvalue weighted by Gasteiger charge is -2.30. The van der Waals surface area contributed by atoms with Crippen molar-refractivity contribution in [2.75, 3.05) is 26.7 Å². The maximum absolute atomic E-state index is 13.0. The highest BCUT2D eigenvalue weighted by atomic mass is 19.1. The van der Waals surface area contributed by atoms with Crippen LogP contribution in [-0.2, 0) is 0 Å². The van der Waals surface area contributed by atoms with Gasteiger partial charge in [0, 0.05) is 18.6 Å². The number of nitrogens with one attached hydrogen (secondary N) is 1. The minimum Gasteiger partial charge on any atom is -0.395 e. The molecule has 1 aromatic rings.